The maximum Gasteiger partial charge on any atom is 0.330 e. The van der Waals surface area contributed by atoms with Crippen molar-refractivity contribution >= 4 is 33.2 Å². The first-order valence-electron chi connectivity index (χ1n) is 5.80. The van der Waals surface area contributed by atoms with Crippen LogP contribution in [0.5, 0.6) is 0 Å². The van der Waals surface area contributed by atoms with Crippen molar-refractivity contribution in [1.29, 1.82) is 0 Å². The van der Waals surface area contributed by atoms with Crippen molar-refractivity contribution in [3.8, 4) is 0 Å². The quantitative estimate of drug-likeness (QED) is 0.619. The molecule has 21 heavy (non-hydrogen) atoms. The van der Waals surface area contributed by atoms with Crippen LogP contribution in [0.25, 0.3) is 0 Å². The van der Waals surface area contributed by atoms with Crippen LogP contribution in [0, 0.1) is 0 Å². The number of thiophene rings is 1. The van der Waals surface area contributed by atoms with E-state index in [0.717, 1.165) is 22.8 Å². The molecule has 0 spiro atoms. The molecule has 0 aromatic carbocycles. The SMILES string of the molecule is COC(=O)C(CO)NC(=O)CN(C)S(=O)(=O)c1cccs1. The van der Waals surface area contributed by atoms with E-state index in [1.807, 2.05) is 0 Å². The Bertz CT molecular complexity index is 584. The molecule has 1 rings (SSSR count). The highest BCUT2D eigenvalue weighted by atomic mass is 32.2. The van der Waals surface area contributed by atoms with Crippen LogP contribution in [0.4, 0.5) is 0 Å². The fourth-order valence-electron chi connectivity index (χ4n) is 1.41. The Balaban J connectivity index is 2.68. The third kappa shape index (κ3) is 4.49. The Hall–Kier alpha value is -1.49. The number of rotatable bonds is 7. The molecule has 118 valence electrons. The van der Waals surface area contributed by atoms with E-state index in [2.05, 4.69) is 10.1 Å². The number of nitrogens with one attached hydrogen (secondary N) is 1. The van der Waals surface area contributed by atoms with Crippen LogP contribution >= 0.6 is 11.3 Å². The number of hydrogen-bond acceptors (Lipinski definition) is 7. The lowest BCUT2D eigenvalue weighted by atomic mass is 10.3. The predicted octanol–water partition coefficient (Wildman–Crippen LogP) is -0.981. The van der Waals surface area contributed by atoms with Crippen molar-refractivity contribution in [1.82, 2.24) is 9.62 Å². The summed E-state index contributed by atoms with van der Waals surface area (Å²) in [7, 11) is -1.38. The number of esters is 1. The molecule has 1 amide bonds. The molecule has 0 aliphatic carbocycles. The molecule has 1 unspecified atom stereocenters. The van der Waals surface area contributed by atoms with Gasteiger partial charge in [0.05, 0.1) is 20.3 Å². The molecule has 10 heteroatoms. The number of hydrogen-bond donors (Lipinski definition) is 2. The Kier molecular flexibility index (Phi) is 6.27. The van der Waals surface area contributed by atoms with Gasteiger partial charge in [-0.15, -0.1) is 11.3 Å². The molecule has 0 saturated carbocycles. The molecule has 1 aromatic rings. The average Bonchev–Trinajstić information content (AvgIpc) is 2.98. The normalized spacial score (nSPS) is 13.0. The van der Waals surface area contributed by atoms with E-state index in [1.165, 1.54) is 13.1 Å². The van der Waals surface area contributed by atoms with E-state index in [1.54, 1.807) is 11.4 Å². The first-order chi connectivity index (χ1) is 9.82. The first-order valence-corrected chi connectivity index (χ1v) is 8.12. The number of aliphatic hydroxyl groups excluding tert-OH is 1. The first kappa shape index (κ1) is 17.6. The van der Waals surface area contributed by atoms with Crippen molar-refractivity contribution in [3.63, 3.8) is 0 Å². The Labute approximate surface area is 126 Å². The van der Waals surface area contributed by atoms with Crippen molar-refractivity contribution in [2.75, 3.05) is 27.3 Å². The number of amides is 1. The molecule has 0 fully saturated rings. The molecular formula is C11H16N2O6S2. The van der Waals surface area contributed by atoms with Crippen LogP contribution in [0.2, 0.25) is 0 Å². The highest BCUT2D eigenvalue weighted by molar-refractivity contribution is 7.91. The molecule has 0 bridgehead atoms. The lowest BCUT2D eigenvalue weighted by molar-refractivity contribution is -0.146. The zero-order valence-corrected chi connectivity index (χ0v) is 13.1. The number of carbonyl (C=O) groups excluding carboxylic acids is 2. The highest BCUT2D eigenvalue weighted by Crippen LogP contribution is 2.19. The Morgan fingerprint density at radius 1 is 1.52 bits per heavy atom. The monoisotopic (exact) mass is 336 g/mol. The minimum atomic E-state index is -3.75. The standard InChI is InChI=1S/C11H16N2O6S2/c1-13(21(17,18)10-4-3-5-20-10)6-9(15)12-8(7-14)11(16)19-2/h3-5,8,14H,6-7H2,1-2H3,(H,12,15). The van der Waals surface area contributed by atoms with Crippen LogP contribution in [0.15, 0.2) is 21.7 Å². The van der Waals surface area contributed by atoms with Gasteiger partial charge in [0.25, 0.3) is 10.0 Å². The lowest BCUT2D eigenvalue weighted by Gasteiger charge is -2.18. The van der Waals surface area contributed by atoms with Crippen LogP contribution in [0.3, 0.4) is 0 Å². The summed E-state index contributed by atoms with van der Waals surface area (Å²) in [6, 6.07) is 1.80. The summed E-state index contributed by atoms with van der Waals surface area (Å²) < 4.78 is 29.5. The zero-order chi connectivity index (χ0) is 16.0. The molecule has 8 nitrogen and oxygen atoms in total. The summed E-state index contributed by atoms with van der Waals surface area (Å²) in [5, 5.41) is 12.8. The van der Waals surface area contributed by atoms with Crippen LogP contribution in [0.1, 0.15) is 0 Å². The third-order valence-electron chi connectivity index (χ3n) is 2.53. The van der Waals surface area contributed by atoms with Gasteiger partial charge in [-0.2, -0.15) is 4.31 Å². The van der Waals surface area contributed by atoms with Gasteiger partial charge in [-0.05, 0) is 11.4 Å². The molecule has 1 aromatic heterocycles. The summed E-state index contributed by atoms with van der Waals surface area (Å²) in [5.74, 6) is -1.53. The van der Waals surface area contributed by atoms with Gasteiger partial charge in [0, 0.05) is 7.05 Å². The summed E-state index contributed by atoms with van der Waals surface area (Å²) in [6.07, 6.45) is 0. The van der Waals surface area contributed by atoms with E-state index >= 15 is 0 Å². The number of aliphatic hydroxyl groups is 1. The average molecular weight is 336 g/mol. The van der Waals surface area contributed by atoms with Crippen LogP contribution < -0.4 is 5.32 Å². The molecule has 0 radical (unpaired) electrons. The maximum atomic E-state index is 12.1. The molecule has 0 aliphatic heterocycles. The van der Waals surface area contributed by atoms with Crippen LogP contribution in [-0.4, -0.2) is 63.1 Å². The Morgan fingerprint density at radius 2 is 2.19 bits per heavy atom. The molecule has 2 N–H and O–H groups in total. The fourth-order valence-corrected chi connectivity index (χ4v) is 3.74. The summed E-state index contributed by atoms with van der Waals surface area (Å²) in [4.78, 5) is 22.9. The molecule has 1 heterocycles. The summed E-state index contributed by atoms with van der Waals surface area (Å²) in [5.41, 5.74) is 0. The summed E-state index contributed by atoms with van der Waals surface area (Å²) >= 11 is 1.04. The minimum absolute atomic E-state index is 0.115. The fraction of sp³-hybridized carbons (Fsp3) is 0.455. The van der Waals surface area contributed by atoms with E-state index in [0.29, 0.717) is 0 Å². The topological polar surface area (TPSA) is 113 Å². The smallest absolute Gasteiger partial charge is 0.330 e. The molecule has 1 atom stereocenters. The maximum absolute atomic E-state index is 12.1. The second-order valence-corrected chi connectivity index (χ2v) is 7.24. The van der Waals surface area contributed by atoms with Crippen LogP contribution in [-0.2, 0) is 24.3 Å². The van der Waals surface area contributed by atoms with E-state index in [9.17, 15) is 18.0 Å². The number of methoxy groups -OCH3 is 1. The highest BCUT2D eigenvalue weighted by Gasteiger charge is 2.26. The van der Waals surface area contributed by atoms with Gasteiger partial charge < -0.3 is 15.2 Å². The summed E-state index contributed by atoms with van der Waals surface area (Å²) in [6.45, 7) is -1.12. The van der Waals surface area contributed by atoms with Crippen molar-refractivity contribution in [2.24, 2.45) is 0 Å². The zero-order valence-electron chi connectivity index (χ0n) is 11.5. The predicted molar refractivity (Wildman–Crippen MR) is 75.2 cm³/mol. The van der Waals surface area contributed by atoms with E-state index < -0.39 is 41.1 Å². The second-order valence-electron chi connectivity index (χ2n) is 4.02. The number of ether oxygens (including phenoxy) is 1. The molecular weight excluding hydrogens is 320 g/mol. The largest absolute Gasteiger partial charge is 0.467 e. The van der Waals surface area contributed by atoms with Gasteiger partial charge in [0.15, 0.2) is 6.04 Å². The van der Waals surface area contributed by atoms with Crippen molar-refractivity contribution in [2.45, 2.75) is 10.3 Å². The number of carbonyl (C=O) groups is 2. The van der Waals surface area contributed by atoms with E-state index in [-0.39, 0.29) is 4.21 Å². The van der Waals surface area contributed by atoms with Gasteiger partial charge >= 0.3 is 5.97 Å². The number of likely N-dealkylation sites (N-methyl/N-ethyl adjacent to an activating group) is 1. The molecule has 0 saturated heterocycles. The van der Waals surface area contributed by atoms with Gasteiger partial charge in [-0.3, -0.25) is 4.79 Å². The minimum Gasteiger partial charge on any atom is -0.467 e. The van der Waals surface area contributed by atoms with Gasteiger partial charge in [0.2, 0.25) is 5.91 Å². The lowest BCUT2D eigenvalue weighted by Crippen LogP contribution is -2.48. The van der Waals surface area contributed by atoms with Crippen molar-refractivity contribution in [3.05, 3.63) is 17.5 Å². The van der Waals surface area contributed by atoms with E-state index in [4.69, 9.17) is 5.11 Å². The number of nitrogens with zero attached hydrogens (tertiary/aromatic N) is 1. The third-order valence-corrected chi connectivity index (χ3v) is 5.71. The van der Waals surface area contributed by atoms with Gasteiger partial charge in [-0.1, -0.05) is 6.07 Å². The molecule has 0 aliphatic rings. The second kappa shape index (κ2) is 7.50. The number of sulfonamides is 1. The van der Waals surface area contributed by atoms with Gasteiger partial charge in [0.1, 0.15) is 4.21 Å². The van der Waals surface area contributed by atoms with Crippen molar-refractivity contribution < 1.29 is 27.9 Å². The Morgan fingerprint density at radius 3 is 2.67 bits per heavy atom. The van der Waals surface area contributed by atoms with Gasteiger partial charge in [-0.25, -0.2) is 13.2 Å².